The molecule has 2 aromatic heterocycles. The van der Waals surface area contributed by atoms with Gasteiger partial charge in [-0.1, -0.05) is 5.16 Å². The minimum atomic E-state index is -0.0422. The van der Waals surface area contributed by atoms with E-state index in [0.29, 0.717) is 17.5 Å². The van der Waals surface area contributed by atoms with E-state index in [9.17, 15) is 4.79 Å². The monoisotopic (exact) mass is 328 g/mol. The molecule has 1 amide bonds. The summed E-state index contributed by atoms with van der Waals surface area (Å²) in [5.74, 6) is 1.41. The summed E-state index contributed by atoms with van der Waals surface area (Å²) in [6.07, 6.45) is 3.55. The van der Waals surface area contributed by atoms with Gasteiger partial charge in [0.1, 0.15) is 5.76 Å². The Morgan fingerprint density at radius 1 is 1.17 bits per heavy atom. The number of piperazine rings is 1. The van der Waals surface area contributed by atoms with Gasteiger partial charge in [0.15, 0.2) is 5.69 Å². The fourth-order valence-corrected chi connectivity index (χ4v) is 3.22. The molecule has 2 aliphatic heterocycles. The maximum absolute atomic E-state index is 12.3. The molecule has 126 valence electrons. The van der Waals surface area contributed by atoms with Crippen LogP contribution in [0.5, 0.6) is 0 Å². The third-order valence-electron chi connectivity index (χ3n) is 4.66. The second-order valence-electron chi connectivity index (χ2n) is 6.26. The molecule has 0 unspecified atom stereocenters. The molecule has 4 rings (SSSR count). The molecule has 0 saturated carbocycles. The van der Waals surface area contributed by atoms with Gasteiger partial charge >= 0.3 is 0 Å². The van der Waals surface area contributed by atoms with Crippen LogP contribution in [0.25, 0.3) is 0 Å². The van der Waals surface area contributed by atoms with Gasteiger partial charge in [-0.15, -0.1) is 0 Å². The largest absolute Gasteiger partial charge is 0.361 e. The fourth-order valence-electron chi connectivity index (χ4n) is 3.22. The van der Waals surface area contributed by atoms with Crippen molar-refractivity contribution in [1.29, 1.82) is 0 Å². The van der Waals surface area contributed by atoms with Gasteiger partial charge in [0, 0.05) is 63.8 Å². The number of carbonyl (C=O) groups is 1. The molecule has 0 aliphatic carbocycles. The van der Waals surface area contributed by atoms with E-state index in [-0.39, 0.29) is 5.91 Å². The Bertz CT molecular complexity index is 704. The number of hydrogen-bond donors (Lipinski definition) is 0. The summed E-state index contributed by atoms with van der Waals surface area (Å²) < 4.78 is 4.98. The SMILES string of the molecule is Cc1cc(C(=O)N2CC(N3CCN(c4ncccn4)CC3)C2)no1. The van der Waals surface area contributed by atoms with E-state index in [0.717, 1.165) is 45.2 Å². The van der Waals surface area contributed by atoms with Crippen LogP contribution in [0.1, 0.15) is 16.2 Å². The lowest BCUT2D eigenvalue weighted by Gasteiger charge is -2.47. The molecular formula is C16H20N6O2. The highest BCUT2D eigenvalue weighted by Crippen LogP contribution is 2.20. The van der Waals surface area contributed by atoms with Crippen molar-refractivity contribution in [3.8, 4) is 0 Å². The molecule has 0 bridgehead atoms. The first-order chi connectivity index (χ1) is 11.7. The Morgan fingerprint density at radius 2 is 1.88 bits per heavy atom. The van der Waals surface area contributed by atoms with Gasteiger partial charge in [-0.3, -0.25) is 9.69 Å². The number of aryl methyl sites for hydroxylation is 1. The highest BCUT2D eigenvalue weighted by atomic mass is 16.5. The van der Waals surface area contributed by atoms with E-state index in [1.54, 1.807) is 25.4 Å². The standard InChI is InChI=1S/C16H20N6O2/c1-12-9-14(19-24-12)15(23)22-10-13(11-22)20-5-7-21(8-6-20)16-17-3-2-4-18-16/h2-4,9,13H,5-8,10-11H2,1H3. The molecule has 0 spiro atoms. The predicted molar refractivity (Wildman–Crippen MR) is 86.7 cm³/mol. The topological polar surface area (TPSA) is 78.6 Å². The summed E-state index contributed by atoms with van der Waals surface area (Å²) in [6, 6.07) is 3.95. The molecule has 0 aromatic carbocycles. The van der Waals surface area contributed by atoms with Gasteiger partial charge in [0.2, 0.25) is 5.95 Å². The van der Waals surface area contributed by atoms with Gasteiger partial charge in [-0.2, -0.15) is 0 Å². The lowest BCUT2D eigenvalue weighted by molar-refractivity contribution is 0.0238. The number of anilines is 1. The lowest BCUT2D eigenvalue weighted by Crippen LogP contribution is -2.64. The molecule has 4 heterocycles. The molecule has 0 radical (unpaired) electrons. The van der Waals surface area contributed by atoms with Crippen LogP contribution in [0.15, 0.2) is 29.0 Å². The zero-order valence-corrected chi connectivity index (χ0v) is 13.6. The number of hydrogen-bond acceptors (Lipinski definition) is 7. The third-order valence-corrected chi connectivity index (χ3v) is 4.66. The summed E-state index contributed by atoms with van der Waals surface area (Å²) >= 11 is 0. The van der Waals surface area contributed by atoms with E-state index < -0.39 is 0 Å². The molecule has 0 N–H and O–H groups in total. The van der Waals surface area contributed by atoms with Gasteiger partial charge < -0.3 is 14.3 Å². The van der Waals surface area contributed by atoms with Gasteiger partial charge in [0.25, 0.3) is 5.91 Å². The van der Waals surface area contributed by atoms with Crippen molar-refractivity contribution in [2.24, 2.45) is 0 Å². The second-order valence-corrected chi connectivity index (χ2v) is 6.26. The number of amides is 1. The molecule has 2 saturated heterocycles. The zero-order chi connectivity index (χ0) is 16.5. The number of likely N-dealkylation sites (tertiary alicyclic amines) is 1. The maximum atomic E-state index is 12.3. The molecule has 2 aliphatic rings. The van der Waals surface area contributed by atoms with Crippen LogP contribution in [0, 0.1) is 6.92 Å². The first kappa shape index (κ1) is 15.1. The summed E-state index contributed by atoms with van der Waals surface area (Å²) in [5, 5.41) is 3.80. The number of nitrogens with zero attached hydrogens (tertiary/aromatic N) is 6. The fraction of sp³-hybridized carbons (Fsp3) is 0.500. The highest BCUT2D eigenvalue weighted by Gasteiger charge is 2.37. The first-order valence-corrected chi connectivity index (χ1v) is 8.19. The van der Waals surface area contributed by atoms with Crippen molar-refractivity contribution < 1.29 is 9.32 Å². The van der Waals surface area contributed by atoms with E-state index in [2.05, 4.69) is 24.9 Å². The average Bonchev–Trinajstić information content (AvgIpc) is 3.01. The van der Waals surface area contributed by atoms with Crippen molar-refractivity contribution in [2.75, 3.05) is 44.2 Å². The number of carbonyl (C=O) groups excluding carboxylic acids is 1. The van der Waals surface area contributed by atoms with Crippen LogP contribution in [0.3, 0.4) is 0 Å². The van der Waals surface area contributed by atoms with E-state index >= 15 is 0 Å². The first-order valence-electron chi connectivity index (χ1n) is 8.19. The molecule has 2 aromatic rings. The second kappa shape index (κ2) is 6.20. The van der Waals surface area contributed by atoms with Crippen LogP contribution in [-0.2, 0) is 0 Å². The van der Waals surface area contributed by atoms with E-state index in [1.165, 1.54) is 0 Å². The summed E-state index contributed by atoms with van der Waals surface area (Å²) in [5.41, 5.74) is 0.400. The number of rotatable bonds is 3. The molecule has 8 nitrogen and oxygen atoms in total. The van der Waals surface area contributed by atoms with Crippen LogP contribution >= 0.6 is 0 Å². The minimum absolute atomic E-state index is 0.0422. The molecule has 0 atom stereocenters. The van der Waals surface area contributed by atoms with E-state index in [4.69, 9.17) is 4.52 Å². The van der Waals surface area contributed by atoms with Gasteiger partial charge in [-0.25, -0.2) is 9.97 Å². The van der Waals surface area contributed by atoms with Crippen LogP contribution in [-0.4, -0.2) is 76.1 Å². The predicted octanol–water partition coefficient (Wildman–Crippen LogP) is 0.420. The van der Waals surface area contributed by atoms with Crippen molar-refractivity contribution in [3.05, 3.63) is 36.0 Å². The van der Waals surface area contributed by atoms with Crippen molar-refractivity contribution in [3.63, 3.8) is 0 Å². The third kappa shape index (κ3) is 2.84. The van der Waals surface area contributed by atoms with Crippen molar-refractivity contribution in [1.82, 2.24) is 24.9 Å². The van der Waals surface area contributed by atoms with Crippen molar-refractivity contribution >= 4 is 11.9 Å². The molecule has 24 heavy (non-hydrogen) atoms. The summed E-state index contributed by atoms with van der Waals surface area (Å²) in [4.78, 5) is 27.3. The lowest BCUT2D eigenvalue weighted by atomic mass is 10.1. The van der Waals surface area contributed by atoms with Crippen LogP contribution < -0.4 is 4.90 Å². The zero-order valence-electron chi connectivity index (χ0n) is 13.6. The highest BCUT2D eigenvalue weighted by molar-refractivity contribution is 5.92. The average molecular weight is 328 g/mol. The minimum Gasteiger partial charge on any atom is -0.361 e. The molecule has 8 heteroatoms. The molecular weight excluding hydrogens is 308 g/mol. The Kier molecular flexibility index (Phi) is 3.89. The maximum Gasteiger partial charge on any atom is 0.276 e. The summed E-state index contributed by atoms with van der Waals surface area (Å²) in [7, 11) is 0. The van der Waals surface area contributed by atoms with Crippen LogP contribution in [0.2, 0.25) is 0 Å². The van der Waals surface area contributed by atoms with E-state index in [1.807, 2.05) is 11.0 Å². The van der Waals surface area contributed by atoms with Crippen molar-refractivity contribution in [2.45, 2.75) is 13.0 Å². The van der Waals surface area contributed by atoms with Gasteiger partial charge in [0.05, 0.1) is 0 Å². The van der Waals surface area contributed by atoms with Crippen LogP contribution in [0.4, 0.5) is 5.95 Å². The number of aromatic nitrogens is 3. The Hall–Kier alpha value is -2.48. The smallest absolute Gasteiger partial charge is 0.276 e. The Balaban J connectivity index is 1.27. The Morgan fingerprint density at radius 3 is 2.50 bits per heavy atom. The quantitative estimate of drug-likeness (QED) is 0.808. The normalized spacial score (nSPS) is 19.4. The summed E-state index contributed by atoms with van der Waals surface area (Å²) in [6.45, 7) is 7.06. The Labute approximate surface area is 140 Å². The van der Waals surface area contributed by atoms with Gasteiger partial charge in [-0.05, 0) is 13.0 Å². The molecule has 2 fully saturated rings.